The number of pyridine rings is 1. The maximum atomic E-state index is 12.7. The fourth-order valence-electron chi connectivity index (χ4n) is 3.15. The van der Waals surface area contributed by atoms with E-state index in [0.717, 1.165) is 24.1 Å². The van der Waals surface area contributed by atoms with Gasteiger partial charge in [-0.1, -0.05) is 35.9 Å². The SMILES string of the molecule is Cc1cncc(Cl)c1CC(=O)N1CCc2ccccc2[C@@H]1C. The minimum atomic E-state index is 0.110. The molecule has 3 nitrogen and oxygen atoms in total. The Kier molecular flexibility index (Phi) is 4.16. The predicted molar refractivity (Wildman–Crippen MR) is 88.0 cm³/mol. The van der Waals surface area contributed by atoms with Crippen LogP contribution in [0.25, 0.3) is 0 Å². The number of carbonyl (C=O) groups is 1. The van der Waals surface area contributed by atoms with E-state index in [1.54, 1.807) is 12.4 Å². The first-order chi connectivity index (χ1) is 10.6. The quantitative estimate of drug-likeness (QED) is 0.846. The highest BCUT2D eigenvalue weighted by Crippen LogP contribution is 2.30. The fourth-order valence-corrected chi connectivity index (χ4v) is 3.42. The normalized spacial score (nSPS) is 17.2. The smallest absolute Gasteiger partial charge is 0.227 e. The number of amides is 1. The Labute approximate surface area is 135 Å². The van der Waals surface area contributed by atoms with Gasteiger partial charge < -0.3 is 4.90 Å². The summed E-state index contributed by atoms with van der Waals surface area (Å²) in [5.41, 5.74) is 4.44. The number of hydrogen-bond donors (Lipinski definition) is 0. The van der Waals surface area contributed by atoms with Crippen LogP contribution < -0.4 is 0 Å². The minimum Gasteiger partial charge on any atom is -0.335 e. The summed E-state index contributed by atoms with van der Waals surface area (Å²) in [4.78, 5) is 18.7. The van der Waals surface area contributed by atoms with E-state index >= 15 is 0 Å². The second kappa shape index (κ2) is 6.09. The van der Waals surface area contributed by atoms with E-state index in [1.807, 2.05) is 17.9 Å². The van der Waals surface area contributed by atoms with E-state index in [9.17, 15) is 4.79 Å². The zero-order valence-corrected chi connectivity index (χ0v) is 13.6. The summed E-state index contributed by atoms with van der Waals surface area (Å²) in [5, 5.41) is 0.568. The monoisotopic (exact) mass is 314 g/mol. The van der Waals surface area contributed by atoms with Gasteiger partial charge in [-0.15, -0.1) is 0 Å². The van der Waals surface area contributed by atoms with Crippen LogP contribution in [0, 0.1) is 6.92 Å². The molecule has 22 heavy (non-hydrogen) atoms. The average Bonchev–Trinajstić information content (AvgIpc) is 2.51. The molecule has 1 aromatic heterocycles. The van der Waals surface area contributed by atoms with Crippen molar-refractivity contribution in [2.45, 2.75) is 32.7 Å². The molecule has 2 aromatic rings. The van der Waals surface area contributed by atoms with Crippen LogP contribution in [0.1, 0.15) is 35.2 Å². The van der Waals surface area contributed by atoms with Crippen molar-refractivity contribution in [3.05, 3.63) is 63.9 Å². The van der Waals surface area contributed by atoms with Crippen LogP contribution >= 0.6 is 11.6 Å². The molecule has 0 bridgehead atoms. The molecule has 3 rings (SSSR count). The number of rotatable bonds is 2. The van der Waals surface area contributed by atoms with Crippen LogP contribution in [0.15, 0.2) is 36.7 Å². The Hall–Kier alpha value is -1.87. The molecule has 0 fully saturated rings. The third-order valence-corrected chi connectivity index (χ3v) is 4.79. The molecule has 1 amide bonds. The van der Waals surface area contributed by atoms with Gasteiger partial charge in [0, 0.05) is 18.9 Å². The topological polar surface area (TPSA) is 33.2 Å². The molecule has 1 aliphatic heterocycles. The number of fused-ring (bicyclic) bond motifs is 1. The number of hydrogen-bond acceptors (Lipinski definition) is 2. The minimum absolute atomic E-state index is 0.110. The van der Waals surface area contributed by atoms with E-state index in [1.165, 1.54) is 11.1 Å². The van der Waals surface area contributed by atoms with E-state index in [2.05, 4.69) is 30.1 Å². The van der Waals surface area contributed by atoms with Crippen molar-refractivity contribution in [3.8, 4) is 0 Å². The van der Waals surface area contributed by atoms with Gasteiger partial charge in [-0.25, -0.2) is 0 Å². The molecule has 4 heteroatoms. The second-order valence-corrected chi connectivity index (χ2v) is 6.21. The Morgan fingerprint density at radius 2 is 2.14 bits per heavy atom. The van der Waals surface area contributed by atoms with Crippen LogP contribution in [-0.2, 0) is 17.6 Å². The number of benzene rings is 1. The largest absolute Gasteiger partial charge is 0.335 e. The Morgan fingerprint density at radius 1 is 1.36 bits per heavy atom. The van der Waals surface area contributed by atoms with Crippen molar-refractivity contribution in [1.82, 2.24) is 9.88 Å². The van der Waals surface area contributed by atoms with Crippen LogP contribution in [-0.4, -0.2) is 22.3 Å². The Morgan fingerprint density at radius 3 is 2.91 bits per heavy atom. The highest BCUT2D eigenvalue weighted by atomic mass is 35.5. The molecule has 0 saturated heterocycles. The third kappa shape index (κ3) is 2.73. The zero-order chi connectivity index (χ0) is 15.7. The second-order valence-electron chi connectivity index (χ2n) is 5.81. The van der Waals surface area contributed by atoms with Gasteiger partial charge in [-0.05, 0) is 42.5 Å². The summed E-state index contributed by atoms with van der Waals surface area (Å²) in [6.45, 7) is 4.80. The molecule has 0 radical (unpaired) electrons. The predicted octanol–water partition coefficient (Wildman–Crippen LogP) is 3.73. The van der Waals surface area contributed by atoms with Gasteiger partial charge in [0.15, 0.2) is 0 Å². The number of aromatic nitrogens is 1. The molecule has 0 saturated carbocycles. The van der Waals surface area contributed by atoms with Crippen LogP contribution in [0.2, 0.25) is 5.02 Å². The van der Waals surface area contributed by atoms with Crippen molar-refractivity contribution in [3.63, 3.8) is 0 Å². The molecule has 114 valence electrons. The van der Waals surface area contributed by atoms with E-state index in [-0.39, 0.29) is 11.9 Å². The molecular weight excluding hydrogens is 296 g/mol. The Balaban J connectivity index is 1.82. The van der Waals surface area contributed by atoms with Gasteiger partial charge >= 0.3 is 0 Å². The van der Waals surface area contributed by atoms with E-state index < -0.39 is 0 Å². The van der Waals surface area contributed by atoms with E-state index in [4.69, 9.17) is 11.6 Å². The molecule has 1 aliphatic rings. The number of halogens is 1. The molecule has 1 atom stereocenters. The summed E-state index contributed by atoms with van der Waals surface area (Å²) in [5.74, 6) is 0.123. The Bertz CT molecular complexity index is 694. The fraction of sp³-hybridized carbons (Fsp3) is 0.333. The number of nitrogens with zero attached hydrogens (tertiary/aromatic N) is 2. The first-order valence-corrected chi connectivity index (χ1v) is 7.92. The summed E-state index contributed by atoms with van der Waals surface area (Å²) < 4.78 is 0. The van der Waals surface area contributed by atoms with Crippen molar-refractivity contribution in [2.24, 2.45) is 0 Å². The summed E-state index contributed by atoms with van der Waals surface area (Å²) in [7, 11) is 0. The summed E-state index contributed by atoms with van der Waals surface area (Å²) >= 11 is 6.20. The van der Waals surface area contributed by atoms with Crippen LogP contribution in [0.4, 0.5) is 0 Å². The number of aryl methyl sites for hydroxylation is 1. The van der Waals surface area contributed by atoms with Crippen molar-refractivity contribution in [1.29, 1.82) is 0 Å². The summed E-state index contributed by atoms with van der Waals surface area (Å²) in [6.07, 6.45) is 4.60. The lowest BCUT2D eigenvalue weighted by Gasteiger charge is -2.35. The standard InChI is InChI=1S/C18H19ClN2O/c1-12-10-20-11-17(19)16(12)9-18(22)21-8-7-14-5-3-4-6-15(14)13(21)2/h3-6,10-11,13H,7-9H2,1-2H3/t13-/m0/s1. The zero-order valence-electron chi connectivity index (χ0n) is 12.8. The maximum Gasteiger partial charge on any atom is 0.227 e. The van der Waals surface area contributed by atoms with E-state index in [0.29, 0.717) is 11.4 Å². The molecular formula is C18H19ClN2O. The lowest BCUT2D eigenvalue weighted by Crippen LogP contribution is -2.39. The first kappa shape index (κ1) is 15.0. The molecule has 1 aromatic carbocycles. The van der Waals surface area contributed by atoms with Crippen LogP contribution in [0.5, 0.6) is 0 Å². The van der Waals surface area contributed by atoms with Gasteiger partial charge in [-0.2, -0.15) is 0 Å². The average molecular weight is 315 g/mol. The first-order valence-electron chi connectivity index (χ1n) is 7.54. The molecule has 2 heterocycles. The van der Waals surface area contributed by atoms with Crippen molar-refractivity contribution >= 4 is 17.5 Å². The lowest BCUT2D eigenvalue weighted by molar-refractivity contribution is -0.133. The van der Waals surface area contributed by atoms with Gasteiger partial charge in [0.05, 0.1) is 17.5 Å². The van der Waals surface area contributed by atoms with Gasteiger partial charge in [0.1, 0.15) is 0 Å². The molecule has 0 spiro atoms. The molecule has 0 N–H and O–H groups in total. The van der Waals surface area contributed by atoms with Gasteiger partial charge in [-0.3, -0.25) is 9.78 Å². The summed E-state index contributed by atoms with van der Waals surface area (Å²) in [6, 6.07) is 8.47. The molecule has 0 unspecified atom stereocenters. The van der Waals surface area contributed by atoms with Crippen LogP contribution in [0.3, 0.4) is 0 Å². The van der Waals surface area contributed by atoms with Gasteiger partial charge in [0.2, 0.25) is 5.91 Å². The van der Waals surface area contributed by atoms with Crippen molar-refractivity contribution in [2.75, 3.05) is 6.54 Å². The third-order valence-electron chi connectivity index (χ3n) is 4.46. The maximum absolute atomic E-state index is 12.7. The highest BCUT2D eigenvalue weighted by molar-refractivity contribution is 6.31. The van der Waals surface area contributed by atoms with Gasteiger partial charge in [0.25, 0.3) is 0 Å². The van der Waals surface area contributed by atoms with Crippen molar-refractivity contribution < 1.29 is 4.79 Å². The molecule has 0 aliphatic carbocycles. The lowest BCUT2D eigenvalue weighted by atomic mass is 9.93. The highest BCUT2D eigenvalue weighted by Gasteiger charge is 2.27. The number of carbonyl (C=O) groups excluding carboxylic acids is 1.